The second kappa shape index (κ2) is 8.48. The van der Waals surface area contributed by atoms with Gasteiger partial charge in [-0.2, -0.15) is 18.3 Å². The second-order valence-corrected chi connectivity index (χ2v) is 9.30. The Kier molecular flexibility index (Phi) is 5.99. The van der Waals surface area contributed by atoms with Crippen LogP contribution in [-0.4, -0.2) is 40.3 Å². The third-order valence-electron chi connectivity index (χ3n) is 6.91. The monoisotopic (exact) mass is 458 g/mol. The highest BCUT2D eigenvalue weighted by atomic mass is 19.4. The van der Waals surface area contributed by atoms with Crippen molar-refractivity contribution in [1.29, 1.82) is 0 Å². The molecule has 1 fully saturated rings. The van der Waals surface area contributed by atoms with Crippen LogP contribution in [0.3, 0.4) is 0 Å². The molecular formula is C25H29F3N4O. The fourth-order valence-corrected chi connectivity index (χ4v) is 4.51. The average molecular weight is 459 g/mol. The number of benzene rings is 2. The van der Waals surface area contributed by atoms with Gasteiger partial charge in [0.2, 0.25) is 0 Å². The standard InChI is InChI=1S/C25H29F3N4O/c1-15-19(7-6-8-21(15)25(26,27)28)16(2)30-23-20-13-18(10-9-17(20)14-29-31-23)33-22-11-12-32(5)24(22,3)4/h6-10,13-14,16,22H,11-12H2,1-5H3,(H,30,31)/t16-,22?/m1/s1. The SMILES string of the molecule is Cc1c([C@@H](C)Nc2nncc3ccc(OC4CCN(C)C4(C)C)cc23)cccc1C(F)(F)F. The van der Waals surface area contributed by atoms with Crippen LogP contribution in [-0.2, 0) is 6.18 Å². The van der Waals surface area contributed by atoms with Gasteiger partial charge in [0.15, 0.2) is 5.82 Å². The van der Waals surface area contributed by atoms with Gasteiger partial charge in [-0.15, -0.1) is 5.10 Å². The van der Waals surface area contributed by atoms with Gasteiger partial charge in [0, 0.05) is 17.3 Å². The predicted octanol–water partition coefficient (Wildman–Crippen LogP) is 5.99. The van der Waals surface area contributed by atoms with Crippen LogP contribution in [0.1, 0.15) is 49.9 Å². The molecule has 176 valence electrons. The molecule has 33 heavy (non-hydrogen) atoms. The zero-order valence-electron chi connectivity index (χ0n) is 19.5. The summed E-state index contributed by atoms with van der Waals surface area (Å²) in [7, 11) is 2.10. The smallest absolute Gasteiger partial charge is 0.416 e. The van der Waals surface area contributed by atoms with Crippen molar-refractivity contribution in [1.82, 2.24) is 15.1 Å². The molecule has 1 N–H and O–H groups in total. The molecule has 0 saturated carbocycles. The molecule has 1 saturated heterocycles. The maximum absolute atomic E-state index is 13.4. The van der Waals surface area contributed by atoms with Gasteiger partial charge in [-0.1, -0.05) is 12.1 Å². The first-order valence-corrected chi connectivity index (χ1v) is 11.0. The molecule has 2 aromatic carbocycles. The van der Waals surface area contributed by atoms with Crippen molar-refractivity contribution >= 4 is 16.6 Å². The van der Waals surface area contributed by atoms with Gasteiger partial charge in [-0.3, -0.25) is 4.90 Å². The number of alkyl halides is 3. The summed E-state index contributed by atoms with van der Waals surface area (Å²) in [5, 5.41) is 13.2. The lowest BCUT2D eigenvalue weighted by Crippen LogP contribution is -2.45. The lowest BCUT2D eigenvalue weighted by Gasteiger charge is -2.33. The normalized spacial score (nSPS) is 19.6. The lowest BCUT2D eigenvalue weighted by atomic mass is 9.97. The number of anilines is 1. The highest BCUT2D eigenvalue weighted by Gasteiger charge is 2.40. The Hall–Kier alpha value is -2.87. The van der Waals surface area contributed by atoms with Crippen LogP contribution >= 0.6 is 0 Å². The summed E-state index contributed by atoms with van der Waals surface area (Å²) >= 11 is 0. The number of rotatable bonds is 5. The van der Waals surface area contributed by atoms with Crippen molar-refractivity contribution in [3.8, 4) is 5.75 Å². The van der Waals surface area contributed by atoms with Gasteiger partial charge in [-0.05, 0) is 76.6 Å². The summed E-state index contributed by atoms with van der Waals surface area (Å²) in [6.07, 6.45) is -1.74. The van der Waals surface area contributed by atoms with Crippen molar-refractivity contribution < 1.29 is 17.9 Å². The summed E-state index contributed by atoms with van der Waals surface area (Å²) in [5.41, 5.74) is 0.0567. The summed E-state index contributed by atoms with van der Waals surface area (Å²) in [6, 6.07) is 9.61. The van der Waals surface area contributed by atoms with E-state index >= 15 is 0 Å². The number of hydrogen-bond acceptors (Lipinski definition) is 5. The van der Waals surface area contributed by atoms with Crippen LogP contribution in [0.4, 0.5) is 19.0 Å². The molecule has 1 aliphatic heterocycles. The molecule has 8 heteroatoms. The molecule has 0 bridgehead atoms. The maximum atomic E-state index is 13.4. The largest absolute Gasteiger partial charge is 0.488 e. The van der Waals surface area contributed by atoms with Crippen LogP contribution in [0.2, 0.25) is 0 Å². The number of hydrogen-bond donors (Lipinski definition) is 1. The molecule has 3 aromatic rings. The molecule has 1 aromatic heterocycles. The van der Waals surface area contributed by atoms with E-state index in [0.717, 1.165) is 35.6 Å². The van der Waals surface area contributed by atoms with Crippen molar-refractivity contribution in [3.05, 3.63) is 59.3 Å². The van der Waals surface area contributed by atoms with E-state index in [0.29, 0.717) is 11.4 Å². The minimum absolute atomic E-state index is 0.0536. The van der Waals surface area contributed by atoms with Gasteiger partial charge in [-0.25, -0.2) is 0 Å². The fraction of sp³-hybridized carbons (Fsp3) is 0.440. The predicted molar refractivity (Wildman–Crippen MR) is 123 cm³/mol. The third-order valence-corrected chi connectivity index (χ3v) is 6.91. The van der Waals surface area contributed by atoms with Crippen LogP contribution in [0.15, 0.2) is 42.6 Å². The van der Waals surface area contributed by atoms with Gasteiger partial charge < -0.3 is 10.1 Å². The van der Waals surface area contributed by atoms with Crippen molar-refractivity contribution in [2.75, 3.05) is 18.9 Å². The minimum Gasteiger partial charge on any atom is -0.488 e. The van der Waals surface area contributed by atoms with Gasteiger partial charge in [0.05, 0.1) is 23.3 Å². The highest BCUT2D eigenvalue weighted by Crippen LogP contribution is 2.36. The highest BCUT2D eigenvalue weighted by molar-refractivity contribution is 5.92. The second-order valence-electron chi connectivity index (χ2n) is 9.30. The van der Waals surface area contributed by atoms with Crippen molar-refractivity contribution in [2.24, 2.45) is 0 Å². The number of fused-ring (bicyclic) bond motifs is 1. The Labute approximate surface area is 192 Å². The average Bonchev–Trinajstić information content (AvgIpc) is 3.00. The number of aromatic nitrogens is 2. The zero-order valence-corrected chi connectivity index (χ0v) is 19.5. The van der Waals surface area contributed by atoms with Crippen molar-refractivity contribution in [3.63, 3.8) is 0 Å². The summed E-state index contributed by atoms with van der Waals surface area (Å²) in [4.78, 5) is 2.29. The number of nitrogens with one attached hydrogen (secondary N) is 1. The molecule has 0 amide bonds. The van der Waals surface area contributed by atoms with E-state index in [9.17, 15) is 13.2 Å². The first-order chi connectivity index (χ1) is 15.5. The van der Waals surface area contributed by atoms with Crippen LogP contribution in [0.5, 0.6) is 5.75 Å². The number of likely N-dealkylation sites (N-methyl/N-ethyl adjacent to an activating group) is 1. The molecule has 1 aliphatic rings. The Bertz CT molecular complexity index is 1160. The fourth-order valence-electron chi connectivity index (χ4n) is 4.51. The van der Waals surface area contributed by atoms with E-state index in [1.807, 2.05) is 25.1 Å². The van der Waals surface area contributed by atoms with E-state index in [2.05, 4.69) is 41.3 Å². The molecule has 0 radical (unpaired) electrons. The molecule has 0 spiro atoms. The topological polar surface area (TPSA) is 50.3 Å². The van der Waals surface area contributed by atoms with E-state index < -0.39 is 17.8 Å². The molecule has 5 nitrogen and oxygen atoms in total. The number of nitrogens with zero attached hydrogens (tertiary/aromatic N) is 3. The maximum Gasteiger partial charge on any atom is 0.416 e. The van der Waals surface area contributed by atoms with Gasteiger partial charge in [0.25, 0.3) is 0 Å². The lowest BCUT2D eigenvalue weighted by molar-refractivity contribution is -0.138. The van der Waals surface area contributed by atoms with E-state index in [4.69, 9.17) is 4.74 Å². The summed E-state index contributed by atoms with van der Waals surface area (Å²) in [5.74, 6) is 1.24. The van der Waals surface area contributed by atoms with Gasteiger partial charge >= 0.3 is 6.18 Å². The van der Waals surface area contributed by atoms with Crippen LogP contribution in [0, 0.1) is 6.92 Å². The summed E-state index contributed by atoms with van der Waals surface area (Å²) < 4.78 is 46.4. The van der Waals surface area contributed by atoms with E-state index in [1.54, 1.807) is 12.3 Å². The zero-order chi connectivity index (χ0) is 24.0. The first kappa shape index (κ1) is 23.3. The molecule has 2 atom stereocenters. The van der Waals surface area contributed by atoms with Gasteiger partial charge in [0.1, 0.15) is 11.9 Å². The van der Waals surface area contributed by atoms with Crippen LogP contribution in [0.25, 0.3) is 10.8 Å². The number of ether oxygens (including phenoxy) is 1. The molecule has 1 unspecified atom stereocenters. The quantitative estimate of drug-likeness (QED) is 0.509. The Morgan fingerprint density at radius 2 is 1.97 bits per heavy atom. The molecule has 0 aliphatic carbocycles. The van der Waals surface area contributed by atoms with Crippen LogP contribution < -0.4 is 10.1 Å². The molecule has 4 rings (SSSR count). The minimum atomic E-state index is -4.40. The summed E-state index contributed by atoms with van der Waals surface area (Å²) in [6.45, 7) is 8.63. The Balaban J connectivity index is 1.63. The third kappa shape index (κ3) is 4.49. The van der Waals surface area contributed by atoms with Crippen molar-refractivity contribution in [2.45, 2.75) is 58.0 Å². The molecular weight excluding hydrogens is 429 g/mol. The first-order valence-electron chi connectivity index (χ1n) is 11.0. The Morgan fingerprint density at radius 3 is 2.64 bits per heavy atom. The molecule has 2 heterocycles. The van der Waals surface area contributed by atoms with E-state index in [-0.39, 0.29) is 17.2 Å². The van der Waals surface area contributed by atoms with E-state index in [1.165, 1.54) is 13.0 Å². The Morgan fingerprint density at radius 1 is 1.21 bits per heavy atom. The number of halogens is 3. The number of likely N-dealkylation sites (tertiary alicyclic amines) is 1.